The quantitative estimate of drug-likeness (QED) is 0.360. The van der Waals surface area contributed by atoms with E-state index in [2.05, 4.69) is 25.0 Å². The number of methoxy groups -OCH3 is 1. The van der Waals surface area contributed by atoms with E-state index >= 15 is 0 Å². The lowest BCUT2D eigenvalue weighted by Crippen LogP contribution is -2.78. The van der Waals surface area contributed by atoms with Crippen LogP contribution in [0.15, 0.2) is 24.3 Å². The van der Waals surface area contributed by atoms with Crippen molar-refractivity contribution in [1.82, 2.24) is 10.3 Å². The third-order valence-electron chi connectivity index (χ3n) is 9.18. The summed E-state index contributed by atoms with van der Waals surface area (Å²) in [5.41, 5.74) is -2.69. The molecule has 2 saturated heterocycles. The predicted octanol–water partition coefficient (Wildman–Crippen LogP) is 5.07. The summed E-state index contributed by atoms with van der Waals surface area (Å²) in [6, 6.07) is 5.47. The topological polar surface area (TPSA) is 111 Å². The average Bonchev–Trinajstić information content (AvgIpc) is 3.47. The Hall–Kier alpha value is -3.92. The van der Waals surface area contributed by atoms with E-state index in [1.54, 1.807) is 6.07 Å². The Morgan fingerprint density at radius 2 is 1.73 bits per heavy atom. The van der Waals surface area contributed by atoms with Gasteiger partial charge in [-0.2, -0.15) is 13.2 Å². The van der Waals surface area contributed by atoms with Gasteiger partial charge in [0.1, 0.15) is 11.3 Å². The number of anilines is 2. The van der Waals surface area contributed by atoms with Crippen LogP contribution in [0.4, 0.5) is 32.8 Å². The Kier molecular flexibility index (Phi) is 5.55. The summed E-state index contributed by atoms with van der Waals surface area (Å²) in [4.78, 5) is 34.0. The van der Waals surface area contributed by atoms with Crippen LogP contribution in [-0.2, 0) is 4.74 Å². The van der Waals surface area contributed by atoms with E-state index in [9.17, 15) is 31.5 Å². The number of halogens is 5. The number of morpholine rings is 1. The fourth-order valence-electron chi connectivity index (χ4n) is 7.08. The number of amides is 2. The van der Waals surface area contributed by atoms with Crippen molar-refractivity contribution in [3.8, 4) is 17.2 Å². The minimum Gasteiger partial charge on any atom is -0.494 e. The van der Waals surface area contributed by atoms with Crippen LogP contribution in [0.5, 0.6) is 17.2 Å². The highest BCUT2D eigenvalue weighted by atomic mass is 32.1. The Bertz CT molecular complexity index is 1730. The Morgan fingerprint density at radius 1 is 1.05 bits per heavy atom. The fourth-order valence-corrected chi connectivity index (χ4v) is 8.32. The summed E-state index contributed by atoms with van der Waals surface area (Å²) in [7, 11) is 1.48. The number of hydrogen-bond donors (Lipinski definition) is 2. The third kappa shape index (κ3) is 3.95. The van der Waals surface area contributed by atoms with Crippen LogP contribution in [0.25, 0.3) is 10.2 Å². The number of hydrogen-bond acceptors (Lipinski definition) is 9. The van der Waals surface area contributed by atoms with E-state index in [4.69, 9.17) is 14.5 Å². The SMILES string of the molecule is COc1ccc(C(=O)Nc2cc3c(cc2C(=O)NC24CC(C(F)(F)F)(C2)C4)OC(F)(F)O3)c2sc(N3C4COCC3C4)nc12. The van der Waals surface area contributed by atoms with Crippen molar-refractivity contribution in [3.63, 3.8) is 0 Å². The molecule has 2 atom stereocenters. The largest absolute Gasteiger partial charge is 0.586 e. The lowest BCUT2D eigenvalue weighted by Gasteiger charge is -2.70. The van der Waals surface area contributed by atoms with E-state index in [-0.39, 0.29) is 48.2 Å². The molecular formula is C28H23F5N4O6S. The maximum atomic E-state index is 13.9. The van der Waals surface area contributed by atoms with Gasteiger partial charge in [0.15, 0.2) is 16.6 Å². The van der Waals surface area contributed by atoms with Crippen molar-refractivity contribution in [3.05, 3.63) is 35.4 Å². The maximum Gasteiger partial charge on any atom is 0.586 e. The summed E-state index contributed by atoms with van der Waals surface area (Å²) in [5, 5.41) is 5.92. The molecule has 3 saturated carbocycles. The van der Waals surface area contributed by atoms with Gasteiger partial charge in [0.2, 0.25) is 0 Å². The van der Waals surface area contributed by atoms with Crippen molar-refractivity contribution in [1.29, 1.82) is 0 Å². The number of rotatable bonds is 6. The first-order chi connectivity index (χ1) is 20.8. The van der Waals surface area contributed by atoms with E-state index in [0.717, 1.165) is 18.6 Å². The molecule has 16 heteroatoms. The smallest absolute Gasteiger partial charge is 0.494 e. The molecule has 3 aliphatic carbocycles. The van der Waals surface area contributed by atoms with Crippen molar-refractivity contribution < 1.29 is 50.5 Å². The molecular weight excluding hydrogens is 615 g/mol. The van der Waals surface area contributed by atoms with Crippen LogP contribution < -0.4 is 29.7 Å². The number of fused-ring (bicyclic) bond motifs is 4. The number of benzene rings is 2. The normalized spacial score (nSPS) is 28.9. The van der Waals surface area contributed by atoms with E-state index < -0.39 is 46.7 Å². The fraction of sp³-hybridized carbons (Fsp3) is 0.464. The first-order valence-corrected chi connectivity index (χ1v) is 14.6. The van der Waals surface area contributed by atoms with Crippen molar-refractivity contribution in [2.45, 2.75) is 55.8 Å². The van der Waals surface area contributed by atoms with Crippen molar-refractivity contribution in [2.75, 3.05) is 30.5 Å². The zero-order chi connectivity index (χ0) is 30.8. The Balaban J connectivity index is 1.11. The highest BCUT2D eigenvalue weighted by Crippen LogP contribution is 2.73. The Labute approximate surface area is 249 Å². The molecule has 4 bridgehead atoms. The molecule has 10 nitrogen and oxygen atoms in total. The number of alkyl halides is 5. The van der Waals surface area contributed by atoms with Gasteiger partial charge in [-0.05, 0) is 43.9 Å². The van der Waals surface area contributed by atoms with Crippen LogP contribution in [0.1, 0.15) is 46.4 Å². The van der Waals surface area contributed by atoms with Gasteiger partial charge < -0.3 is 34.5 Å². The second-order valence-corrected chi connectivity index (χ2v) is 13.0. The second-order valence-electron chi connectivity index (χ2n) is 12.0. The van der Waals surface area contributed by atoms with E-state index in [1.807, 2.05) is 0 Å². The van der Waals surface area contributed by atoms with Crippen LogP contribution in [0, 0.1) is 5.41 Å². The number of carbonyl (C=O) groups is 2. The average molecular weight is 639 g/mol. The molecule has 3 aromatic rings. The molecule has 2 amide bonds. The standard InChI is InChI=1S/C28H23F5N4O6S/c1-40-17-3-2-14(21-20(17)35-24(44-21)37-12-4-13(37)8-41-7-12)22(38)34-16-6-19-18(42-28(32,33)43-19)5-15(16)23(39)36-26-9-25(10-26,11-26)27(29,30)31/h2-3,5-6,12-13H,4,7-11H2,1H3,(H,34,38)(H,36,39). The maximum absolute atomic E-state index is 13.9. The summed E-state index contributed by atoms with van der Waals surface area (Å²) in [6.07, 6.45) is -8.24. The lowest BCUT2D eigenvalue weighted by atomic mass is 9.39. The van der Waals surface area contributed by atoms with Gasteiger partial charge >= 0.3 is 12.5 Å². The number of aromatic nitrogens is 1. The van der Waals surface area contributed by atoms with Gasteiger partial charge in [0, 0.05) is 11.6 Å². The first kappa shape index (κ1) is 27.6. The molecule has 0 spiro atoms. The monoisotopic (exact) mass is 638 g/mol. The highest BCUT2D eigenvalue weighted by Gasteiger charge is 2.79. The molecule has 0 radical (unpaired) electrons. The van der Waals surface area contributed by atoms with Crippen LogP contribution in [0.2, 0.25) is 0 Å². The van der Waals surface area contributed by atoms with Crippen LogP contribution >= 0.6 is 11.3 Å². The molecule has 6 aliphatic rings. The zero-order valence-corrected chi connectivity index (χ0v) is 23.7. The van der Waals surface area contributed by atoms with Crippen LogP contribution in [0.3, 0.4) is 0 Å². The molecule has 9 rings (SSSR count). The van der Waals surface area contributed by atoms with Crippen molar-refractivity contribution >= 4 is 44.2 Å². The Morgan fingerprint density at radius 3 is 2.36 bits per heavy atom. The van der Waals surface area contributed by atoms with Gasteiger partial charge in [-0.15, -0.1) is 8.78 Å². The van der Waals surface area contributed by atoms with Gasteiger partial charge in [0.05, 0.1) is 59.3 Å². The summed E-state index contributed by atoms with van der Waals surface area (Å²) in [6.45, 7) is 1.15. The lowest BCUT2D eigenvalue weighted by molar-refractivity contribution is -0.336. The molecule has 4 heterocycles. The molecule has 3 aliphatic heterocycles. The minimum atomic E-state index is -4.38. The number of nitrogens with one attached hydrogen (secondary N) is 2. The first-order valence-electron chi connectivity index (χ1n) is 13.8. The summed E-state index contributed by atoms with van der Waals surface area (Å²) >= 11 is 1.29. The minimum absolute atomic E-state index is 0.178. The molecule has 2 unspecified atom stereocenters. The number of thiazole rings is 1. The zero-order valence-electron chi connectivity index (χ0n) is 22.8. The molecule has 44 heavy (non-hydrogen) atoms. The van der Waals surface area contributed by atoms with E-state index in [0.29, 0.717) is 34.3 Å². The third-order valence-corrected chi connectivity index (χ3v) is 10.3. The second kappa shape index (κ2) is 8.84. The van der Waals surface area contributed by atoms with Gasteiger partial charge in [0.25, 0.3) is 11.8 Å². The molecule has 232 valence electrons. The highest BCUT2D eigenvalue weighted by molar-refractivity contribution is 7.22. The molecule has 5 fully saturated rings. The number of ether oxygens (including phenoxy) is 4. The summed E-state index contributed by atoms with van der Waals surface area (Å²) in [5.74, 6) is -1.95. The van der Waals surface area contributed by atoms with Crippen LogP contribution in [-0.4, -0.2) is 67.2 Å². The molecule has 2 N–H and O–H groups in total. The number of carbonyl (C=O) groups excluding carboxylic acids is 2. The van der Waals surface area contributed by atoms with Gasteiger partial charge in [-0.25, -0.2) is 4.98 Å². The van der Waals surface area contributed by atoms with Gasteiger partial charge in [-0.3, -0.25) is 9.59 Å². The van der Waals surface area contributed by atoms with Gasteiger partial charge in [-0.1, -0.05) is 11.3 Å². The van der Waals surface area contributed by atoms with E-state index in [1.165, 1.54) is 24.5 Å². The summed E-state index contributed by atoms with van der Waals surface area (Å²) < 4.78 is 88.4. The molecule has 2 aromatic carbocycles. The predicted molar refractivity (Wildman–Crippen MR) is 145 cm³/mol. The number of nitrogens with zero attached hydrogens (tertiary/aromatic N) is 2. The molecule has 1 aromatic heterocycles. The van der Waals surface area contributed by atoms with Crippen molar-refractivity contribution in [2.24, 2.45) is 5.41 Å².